The molecule has 3 nitrogen and oxygen atoms in total. The van der Waals surface area contributed by atoms with Gasteiger partial charge in [-0.3, -0.25) is 0 Å². The Morgan fingerprint density at radius 3 is 2.33 bits per heavy atom. The van der Waals surface area contributed by atoms with Crippen LogP contribution >= 0.6 is 0 Å². The first-order chi connectivity index (χ1) is 10.0. The summed E-state index contributed by atoms with van der Waals surface area (Å²) in [6.45, 7) is 3.86. The van der Waals surface area contributed by atoms with Crippen molar-refractivity contribution in [3.8, 4) is 0 Å². The second-order valence-electron chi connectivity index (χ2n) is 5.98. The van der Waals surface area contributed by atoms with Gasteiger partial charge in [-0.2, -0.15) is 0 Å². The van der Waals surface area contributed by atoms with E-state index in [4.69, 9.17) is 10.5 Å². The lowest BCUT2D eigenvalue weighted by Gasteiger charge is -2.33. The average Bonchev–Trinajstić information content (AvgIpc) is 2.39. The summed E-state index contributed by atoms with van der Waals surface area (Å²) >= 11 is 0. The van der Waals surface area contributed by atoms with Crippen molar-refractivity contribution in [2.24, 2.45) is 11.7 Å². The molecule has 1 aliphatic rings. The van der Waals surface area contributed by atoms with Crippen LogP contribution in [0.1, 0.15) is 25.3 Å². The highest BCUT2D eigenvalue weighted by Crippen LogP contribution is 2.29. The summed E-state index contributed by atoms with van der Waals surface area (Å²) in [6, 6.07) is 2.70. The molecule has 0 amide bonds. The van der Waals surface area contributed by atoms with Gasteiger partial charge in [0, 0.05) is 32.8 Å². The molecule has 0 saturated carbocycles. The maximum Gasteiger partial charge on any atom is 0.149 e. The van der Waals surface area contributed by atoms with E-state index in [0.717, 1.165) is 12.8 Å². The minimum atomic E-state index is -0.490. The lowest BCUT2D eigenvalue weighted by Crippen LogP contribution is -2.36. The van der Waals surface area contributed by atoms with Gasteiger partial charge in [-0.25, -0.2) is 8.78 Å². The predicted molar refractivity (Wildman–Crippen MR) is 80.5 cm³/mol. The van der Waals surface area contributed by atoms with Gasteiger partial charge in [-0.05, 0) is 49.8 Å². The third kappa shape index (κ3) is 4.14. The van der Waals surface area contributed by atoms with E-state index in [9.17, 15) is 8.78 Å². The molecule has 1 saturated heterocycles. The lowest BCUT2D eigenvalue weighted by molar-refractivity contribution is 0.139. The molecular weight excluding hydrogens is 274 g/mol. The molecule has 1 aromatic carbocycles. The van der Waals surface area contributed by atoms with Crippen molar-refractivity contribution in [3.05, 3.63) is 29.3 Å². The molecule has 0 spiro atoms. The highest BCUT2D eigenvalue weighted by atomic mass is 19.1. The van der Waals surface area contributed by atoms with Crippen LogP contribution in [0.2, 0.25) is 0 Å². The van der Waals surface area contributed by atoms with Crippen molar-refractivity contribution in [1.82, 2.24) is 0 Å². The molecule has 2 N–H and O–H groups in total. The maximum atomic E-state index is 14.2. The first kappa shape index (κ1) is 16.2. The van der Waals surface area contributed by atoms with Crippen molar-refractivity contribution in [3.63, 3.8) is 0 Å². The number of hydrogen-bond acceptors (Lipinski definition) is 3. The Bertz CT molecular complexity index is 448. The van der Waals surface area contributed by atoms with Crippen LogP contribution in [-0.4, -0.2) is 32.8 Å². The number of rotatable bonds is 5. The Kier molecular flexibility index (Phi) is 5.53. The molecule has 5 heteroatoms. The van der Waals surface area contributed by atoms with Crippen LogP contribution in [0, 0.1) is 17.6 Å². The fraction of sp³-hybridized carbons (Fsp3) is 0.625. The Labute approximate surface area is 125 Å². The Balaban J connectivity index is 2.10. The third-order valence-electron chi connectivity index (χ3n) is 3.97. The number of hydrogen-bond donors (Lipinski definition) is 1. The fourth-order valence-electron chi connectivity index (χ4n) is 2.97. The summed E-state index contributed by atoms with van der Waals surface area (Å²) in [5.41, 5.74) is 6.39. The van der Waals surface area contributed by atoms with Gasteiger partial charge in [0.25, 0.3) is 0 Å². The fourth-order valence-corrected chi connectivity index (χ4v) is 2.97. The van der Waals surface area contributed by atoms with Gasteiger partial charge in [-0.1, -0.05) is 0 Å². The van der Waals surface area contributed by atoms with Gasteiger partial charge in [0.2, 0.25) is 0 Å². The molecule has 1 atom stereocenters. The number of ether oxygens (including phenoxy) is 1. The van der Waals surface area contributed by atoms with Crippen molar-refractivity contribution >= 4 is 5.69 Å². The van der Waals surface area contributed by atoms with Gasteiger partial charge < -0.3 is 15.4 Å². The van der Waals surface area contributed by atoms with Crippen LogP contribution in [0.3, 0.4) is 0 Å². The molecule has 1 heterocycles. The van der Waals surface area contributed by atoms with Crippen molar-refractivity contribution in [1.29, 1.82) is 0 Å². The summed E-state index contributed by atoms with van der Waals surface area (Å²) in [4.78, 5) is 1.80. The molecule has 0 aromatic heterocycles. The predicted octanol–water partition coefficient (Wildman–Crippen LogP) is 2.72. The number of halogens is 2. The number of benzene rings is 1. The molecule has 0 aliphatic carbocycles. The van der Waals surface area contributed by atoms with Crippen molar-refractivity contribution < 1.29 is 13.5 Å². The van der Waals surface area contributed by atoms with E-state index < -0.39 is 11.6 Å². The molecule has 0 bridgehead atoms. The second kappa shape index (κ2) is 7.18. The van der Waals surface area contributed by atoms with E-state index in [-0.39, 0.29) is 11.7 Å². The molecule has 1 unspecified atom stereocenters. The zero-order chi connectivity index (χ0) is 15.4. The molecule has 2 rings (SSSR count). The maximum absolute atomic E-state index is 14.2. The van der Waals surface area contributed by atoms with E-state index in [1.54, 1.807) is 12.0 Å². The molecule has 118 valence electrons. The lowest BCUT2D eigenvalue weighted by atomic mass is 9.97. The van der Waals surface area contributed by atoms with Crippen LogP contribution in [0.4, 0.5) is 14.5 Å². The van der Waals surface area contributed by atoms with Gasteiger partial charge in [0.05, 0.1) is 0 Å². The average molecular weight is 298 g/mol. The third-order valence-corrected chi connectivity index (χ3v) is 3.97. The molecular formula is C16H24F2N2O. The second-order valence-corrected chi connectivity index (χ2v) is 5.98. The van der Waals surface area contributed by atoms with Gasteiger partial charge in [-0.15, -0.1) is 0 Å². The zero-order valence-corrected chi connectivity index (χ0v) is 12.7. The molecule has 0 radical (unpaired) electrons. The summed E-state index contributed by atoms with van der Waals surface area (Å²) in [5.74, 6) is -0.499. The van der Waals surface area contributed by atoms with Crippen LogP contribution < -0.4 is 10.6 Å². The first-order valence-corrected chi connectivity index (χ1v) is 7.48. The van der Waals surface area contributed by atoms with Crippen LogP contribution in [0.5, 0.6) is 0 Å². The van der Waals surface area contributed by atoms with Crippen molar-refractivity contribution in [2.45, 2.75) is 32.2 Å². The van der Waals surface area contributed by atoms with E-state index in [1.165, 1.54) is 12.1 Å². The highest BCUT2D eigenvalue weighted by molar-refractivity contribution is 5.51. The molecule has 21 heavy (non-hydrogen) atoms. The number of nitrogens with two attached hydrogens (primary N) is 1. The van der Waals surface area contributed by atoms with E-state index >= 15 is 0 Å². The number of anilines is 1. The van der Waals surface area contributed by atoms with Crippen LogP contribution in [0.15, 0.2) is 12.1 Å². The standard InChI is InChI=1S/C16H24F2N2O/c1-11(19)7-13-8-14(17)16(15(18)9-13)20-5-3-12(4-6-20)10-21-2/h8-9,11-12H,3-7,10,19H2,1-2H3. The summed E-state index contributed by atoms with van der Waals surface area (Å²) in [6.07, 6.45) is 2.27. The Morgan fingerprint density at radius 1 is 1.29 bits per heavy atom. The monoisotopic (exact) mass is 298 g/mol. The van der Waals surface area contributed by atoms with E-state index in [1.807, 2.05) is 6.92 Å². The summed E-state index contributed by atoms with van der Waals surface area (Å²) in [7, 11) is 1.68. The minimum Gasteiger partial charge on any atom is -0.384 e. The molecule has 1 aliphatic heterocycles. The SMILES string of the molecule is COCC1CCN(c2c(F)cc(CC(C)N)cc2F)CC1. The Morgan fingerprint density at radius 2 is 1.86 bits per heavy atom. The number of piperidine rings is 1. The molecule has 1 aromatic rings. The smallest absolute Gasteiger partial charge is 0.149 e. The minimum absolute atomic E-state index is 0.0966. The van der Waals surface area contributed by atoms with Crippen LogP contribution in [-0.2, 0) is 11.2 Å². The van der Waals surface area contributed by atoms with E-state index in [0.29, 0.717) is 37.6 Å². The van der Waals surface area contributed by atoms with Crippen molar-refractivity contribution in [2.75, 3.05) is 31.7 Å². The first-order valence-electron chi connectivity index (χ1n) is 7.48. The summed E-state index contributed by atoms with van der Waals surface area (Å²) in [5, 5.41) is 0. The van der Waals surface area contributed by atoms with Gasteiger partial charge in [0.15, 0.2) is 0 Å². The quantitative estimate of drug-likeness (QED) is 0.908. The van der Waals surface area contributed by atoms with Crippen LogP contribution in [0.25, 0.3) is 0 Å². The van der Waals surface area contributed by atoms with Gasteiger partial charge in [0.1, 0.15) is 17.3 Å². The normalized spacial score (nSPS) is 18.0. The topological polar surface area (TPSA) is 38.5 Å². The zero-order valence-electron chi connectivity index (χ0n) is 12.7. The number of methoxy groups -OCH3 is 1. The van der Waals surface area contributed by atoms with Gasteiger partial charge >= 0.3 is 0 Å². The molecule has 1 fully saturated rings. The Hall–Kier alpha value is -1.20. The largest absolute Gasteiger partial charge is 0.384 e. The number of nitrogens with zero attached hydrogens (tertiary/aromatic N) is 1. The summed E-state index contributed by atoms with van der Waals surface area (Å²) < 4.78 is 33.6. The van der Waals surface area contributed by atoms with E-state index in [2.05, 4.69) is 0 Å². The highest BCUT2D eigenvalue weighted by Gasteiger charge is 2.24.